The molecule has 0 aliphatic rings. The minimum absolute atomic E-state index is 0.719. The van der Waals surface area contributed by atoms with Crippen LogP contribution in [0.4, 0.5) is 5.69 Å². The van der Waals surface area contributed by atoms with Crippen LogP contribution in [0.15, 0.2) is 24.3 Å². The molecule has 0 saturated carbocycles. The van der Waals surface area contributed by atoms with Crippen molar-refractivity contribution in [3.63, 3.8) is 0 Å². The summed E-state index contributed by atoms with van der Waals surface area (Å²) in [6.45, 7) is 11.3. The van der Waals surface area contributed by atoms with Gasteiger partial charge in [0.1, 0.15) is 0 Å². The Hall–Kier alpha value is -1.06. The zero-order valence-electron chi connectivity index (χ0n) is 12.6. The molecule has 0 fully saturated rings. The molecule has 0 atom stereocenters. The van der Waals surface area contributed by atoms with Crippen LogP contribution in [-0.4, -0.2) is 31.2 Å². The number of hydrogen-bond donors (Lipinski definition) is 1. The van der Waals surface area contributed by atoms with Crippen LogP contribution in [-0.2, 0) is 11.3 Å². The van der Waals surface area contributed by atoms with Gasteiger partial charge in [0.25, 0.3) is 0 Å². The van der Waals surface area contributed by atoms with Gasteiger partial charge in [-0.05, 0) is 36.6 Å². The first-order valence-corrected chi connectivity index (χ1v) is 7.26. The number of ether oxygens (including phenoxy) is 1. The van der Waals surface area contributed by atoms with Crippen molar-refractivity contribution in [2.24, 2.45) is 5.92 Å². The Kier molecular flexibility index (Phi) is 7.53. The highest BCUT2D eigenvalue weighted by atomic mass is 16.5. The molecule has 0 aliphatic carbocycles. The summed E-state index contributed by atoms with van der Waals surface area (Å²) in [5.41, 5.74) is 7.82. The van der Waals surface area contributed by atoms with Gasteiger partial charge in [-0.2, -0.15) is 0 Å². The van der Waals surface area contributed by atoms with Crippen LogP contribution in [0.2, 0.25) is 0 Å². The minimum atomic E-state index is 0.719. The third kappa shape index (κ3) is 7.19. The fourth-order valence-corrected chi connectivity index (χ4v) is 1.84. The van der Waals surface area contributed by atoms with Crippen molar-refractivity contribution in [1.29, 1.82) is 0 Å². The van der Waals surface area contributed by atoms with Gasteiger partial charge in [0.15, 0.2) is 0 Å². The van der Waals surface area contributed by atoms with Crippen molar-refractivity contribution in [2.45, 2.75) is 33.7 Å². The standard InChI is InChI=1S/C16H28N2O/c1-4-18(10-12-19-11-9-14(2)3)13-15-5-7-16(17)8-6-15/h5-8,14H,4,9-13,17H2,1-3H3. The van der Waals surface area contributed by atoms with Crippen molar-refractivity contribution < 1.29 is 4.74 Å². The average Bonchev–Trinajstić information content (AvgIpc) is 2.39. The van der Waals surface area contributed by atoms with Crippen LogP contribution in [0, 0.1) is 5.92 Å². The molecule has 0 aromatic heterocycles. The van der Waals surface area contributed by atoms with Gasteiger partial charge in [-0.1, -0.05) is 32.9 Å². The fourth-order valence-electron chi connectivity index (χ4n) is 1.84. The number of nitrogens with zero attached hydrogens (tertiary/aromatic N) is 1. The highest BCUT2D eigenvalue weighted by Crippen LogP contribution is 2.08. The van der Waals surface area contributed by atoms with E-state index in [0.717, 1.165) is 50.9 Å². The molecule has 3 heteroatoms. The zero-order chi connectivity index (χ0) is 14.1. The van der Waals surface area contributed by atoms with Gasteiger partial charge in [0, 0.05) is 25.4 Å². The second-order valence-electron chi connectivity index (χ2n) is 5.41. The lowest BCUT2D eigenvalue weighted by atomic mass is 10.1. The maximum Gasteiger partial charge on any atom is 0.0593 e. The first-order chi connectivity index (χ1) is 9.11. The second kappa shape index (κ2) is 8.94. The fraction of sp³-hybridized carbons (Fsp3) is 0.625. The Morgan fingerprint density at radius 1 is 1.16 bits per heavy atom. The molecule has 0 unspecified atom stereocenters. The zero-order valence-corrected chi connectivity index (χ0v) is 12.6. The molecule has 2 N–H and O–H groups in total. The van der Waals surface area contributed by atoms with E-state index in [1.165, 1.54) is 5.56 Å². The maximum atomic E-state index is 5.69. The molecule has 0 radical (unpaired) electrons. The quantitative estimate of drug-likeness (QED) is 0.550. The highest BCUT2D eigenvalue weighted by Gasteiger charge is 2.04. The topological polar surface area (TPSA) is 38.5 Å². The Morgan fingerprint density at radius 2 is 1.84 bits per heavy atom. The van der Waals surface area contributed by atoms with E-state index in [9.17, 15) is 0 Å². The van der Waals surface area contributed by atoms with Crippen LogP contribution in [0.25, 0.3) is 0 Å². The Morgan fingerprint density at radius 3 is 2.42 bits per heavy atom. The number of rotatable bonds is 9. The number of hydrogen-bond acceptors (Lipinski definition) is 3. The lowest BCUT2D eigenvalue weighted by Gasteiger charge is -2.20. The first-order valence-electron chi connectivity index (χ1n) is 7.26. The normalized spacial score (nSPS) is 11.4. The molecule has 1 aromatic carbocycles. The molecule has 19 heavy (non-hydrogen) atoms. The molecule has 0 saturated heterocycles. The van der Waals surface area contributed by atoms with Crippen LogP contribution in [0.5, 0.6) is 0 Å². The van der Waals surface area contributed by atoms with E-state index in [0.29, 0.717) is 0 Å². The number of benzene rings is 1. The van der Waals surface area contributed by atoms with Crippen LogP contribution in [0.3, 0.4) is 0 Å². The van der Waals surface area contributed by atoms with E-state index in [1.54, 1.807) is 0 Å². The molecule has 0 aliphatic heterocycles. The van der Waals surface area contributed by atoms with Crippen molar-refractivity contribution in [3.05, 3.63) is 29.8 Å². The van der Waals surface area contributed by atoms with E-state index in [-0.39, 0.29) is 0 Å². The summed E-state index contributed by atoms with van der Waals surface area (Å²) in [5, 5.41) is 0. The van der Waals surface area contributed by atoms with Gasteiger partial charge in [0.2, 0.25) is 0 Å². The Labute approximate surface area is 117 Å². The van der Waals surface area contributed by atoms with Gasteiger partial charge >= 0.3 is 0 Å². The van der Waals surface area contributed by atoms with Crippen molar-refractivity contribution in [3.8, 4) is 0 Å². The lowest BCUT2D eigenvalue weighted by molar-refractivity contribution is 0.0955. The van der Waals surface area contributed by atoms with Crippen LogP contribution >= 0.6 is 0 Å². The molecule has 1 aromatic rings. The smallest absolute Gasteiger partial charge is 0.0593 e. The SMILES string of the molecule is CCN(CCOCCC(C)C)Cc1ccc(N)cc1. The number of nitrogen functional groups attached to an aromatic ring is 1. The predicted molar refractivity (Wildman–Crippen MR) is 82.1 cm³/mol. The second-order valence-corrected chi connectivity index (χ2v) is 5.41. The van der Waals surface area contributed by atoms with Gasteiger partial charge in [-0.3, -0.25) is 4.90 Å². The molecule has 0 spiro atoms. The largest absolute Gasteiger partial charge is 0.399 e. The monoisotopic (exact) mass is 264 g/mol. The molecule has 1 rings (SSSR count). The van der Waals surface area contributed by atoms with Gasteiger partial charge in [0.05, 0.1) is 6.61 Å². The molecule has 3 nitrogen and oxygen atoms in total. The molecule has 0 heterocycles. The maximum absolute atomic E-state index is 5.69. The van der Waals surface area contributed by atoms with Crippen LogP contribution in [0.1, 0.15) is 32.8 Å². The lowest BCUT2D eigenvalue weighted by Crippen LogP contribution is -2.27. The number of nitrogens with two attached hydrogens (primary N) is 1. The van der Waals surface area contributed by atoms with E-state index in [1.807, 2.05) is 12.1 Å². The van der Waals surface area contributed by atoms with Crippen molar-refractivity contribution >= 4 is 5.69 Å². The molecule has 0 amide bonds. The van der Waals surface area contributed by atoms with Crippen LogP contribution < -0.4 is 5.73 Å². The van der Waals surface area contributed by atoms with E-state index >= 15 is 0 Å². The van der Waals surface area contributed by atoms with Gasteiger partial charge in [-0.15, -0.1) is 0 Å². The summed E-state index contributed by atoms with van der Waals surface area (Å²) >= 11 is 0. The van der Waals surface area contributed by atoms with Gasteiger partial charge in [-0.25, -0.2) is 0 Å². The number of anilines is 1. The summed E-state index contributed by atoms with van der Waals surface area (Å²) in [6, 6.07) is 8.11. The average molecular weight is 264 g/mol. The van der Waals surface area contributed by atoms with Gasteiger partial charge < -0.3 is 10.5 Å². The minimum Gasteiger partial charge on any atom is -0.399 e. The first kappa shape index (κ1) is 16.0. The number of likely N-dealkylation sites (N-methyl/N-ethyl adjacent to an activating group) is 1. The van der Waals surface area contributed by atoms with Crippen molar-refractivity contribution in [1.82, 2.24) is 4.90 Å². The molecule has 0 bridgehead atoms. The Balaban J connectivity index is 2.24. The molecular formula is C16H28N2O. The summed E-state index contributed by atoms with van der Waals surface area (Å²) in [7, 11) is 0. The third-order valence-corrected chi connectivity index (χ3v) is 3.22. The molecular weight excluding hydrogens is 236 g/mol. The summed E-state index contributed by atoms with van der Waals surface area (Å²) in [6.07, 6.45) is 1.14. The molecule has 108 valence electrons. The Bertz CT molecular complexity index is 335. The summed E-state index contributed by atoms with van der Waals surface area (Å²) in [4.78, 5) is 2.39. The highest BCUT2D eigenvalue weighted by molar-refractivity contribution is 5.39. The third-order valence-electron chi connectivity index (χ3n) is 3.22. The summed E-state index contributed by atoms with van der Waals surface area (Å²) in [5.74, 6) is 0.719. The summed E-state index contributed by atoms with van der Waals surface area (Å²) < 4.78 is 5.67. The van der Waals surface area contributed by atoms with E-state index in [2.05, 4.69) is 37.8 Å². The van der Waals surface area contributed by atoms with Crippen molar-refractivity contribution in [2.75, 3.05) is 32.0 Å². The predicted octanol–water partition coefficient (Wildman–Crippen LogP) is 3.15. The van der Waals surface area contributed by atoms with E-state index < -0.39 is 0 Å². The van der Waals surface area contributed by atoms with E-state index in [4.69, 9.17) is 10.5 Å².